The van der Waals surface area contributed by atoms with Gasteiger partial charge in [-0.05, 0) is 112 Å². The van der Waals surface area contributed by atoms with Crippen LogP contribution in [0.4, 0.5) is 32.3 Å². The number of rotatable bonds is 16. The summed E-state index contributed by atoms with van der Waals surface area (Å²) in [6, 6.07) is 34.7. The molecule has 344 valence electrons. The van der Waals surface area contributed by atoms with Crippen molar-refractivity contribution in [2.24, 2.45) is 0 Å². The normalized spacial score (nSPS) is 11.8. The number of hydrogen-bond donors (Lipinski definition) is 4. The molecule has 6 aromatic rings. The Morgan fingerprint density at radius 3 is 1.06 bits per heavy atom. The standard InChI is InChI=1S/C52H56N4O6S4/c1-7-29-59-45-39-13-11-14-40(45)64-44-28-26-38(56-52(58)54-36-23-19-34(6)20-24-36)50(48(44)62-32-10-4)66-42-16-12-15-41(46(42)60-30-8-2)65-49-37(25-27-43(63-39)47(49)61-31-9-3)55-51(57)53-35-21-17-33(5)18-22-35/h11-28H,7-10,29-32H2,1-6H3,(H2,53,55,57)(H2,54,56,58). The topological polar surface area (TPSA) is 119 Å². The van der Waals surface area contributed by atoms with Crippen LogP contribution in [0.2, 0.25) is 0 Å². The molecule has 1 aliphatic heterocycles. The number of carbonyl (C=O) groups is 2. The van der Waals surface area contributed by atoms with Crippen LogP contribution in [0.5, 0.6) is 23.0 Å². The second-order valence-electron chi connectivity index (χ2n) is 15.4. The first-order valence-corrected chi connectivity index (χ1v) is 25.6. The fourth-order valence-electron chi connectivity index (χ4n) is 6.64. The Hall–Kier alpha value is -5.54. The highest BCUT2D eigenvalue weighted by Gasteiger charge is 2.27. The Kier molecular flexibility index (Phi) is 17.4. The van der Waals surface area contributed by atoms with E-state index < -0.39 is 0 Å². The van der Waals surface area contributed by atoms with Gasteiger partial charge in [-0.3, -0.25) is 0 Å². The molecule has 0 radical (unpaired) electrons. The zero-order chi connectivity index (χ0) is 46.4. The van der Waals surface area contributed by atoms with Crippen LogP contribution >= 0.6 is 47.0 Å². The van der Waals surface area contributed by atoms with Crippen LogP contribution in [0.1, 0.15) is 64.5 Å². The molecule has 0 unspecified atom stereocenters. The smallest absolute Gasteiger partial charge is 0.323 e. The highest BCUT2D eigenvalue weighted by atomic mass is 32.2. The third kappa shape index (κ3) is 12.5. The quantitative estimate of drug-likeness (QED) is 0.0745. The molecule has 14 heteroatoms. The molecule has 0 aromatic heterocycles. The summed E-state index contributed by atoms with van der Waals surface area (Å²) in [4.78, 5) is 34.2. The first-order chi connectivity index (χ1) is 32.2. The molecule has 0 atom stereocenters. The van der Waals surface area contributed by atoms with Crippen LogP contribution < -0.4 is 40.2 Å². The number of aryl methyl sites for hydroxylation is 2. The molecule has 4 N–H and O–H groups in total. The number of amides is 4. The largest absolute Gasteiger partial charge is 0.491 e. The van der Waals surface area contributed by atoms with E-state index in [0.29, 0.717) is 76.2 Å². The summed E-state index contributed by atoms with van der Waals surface area (Å²) in [7, 11) is 0. The fraction of sp³-hybridized carbons (Fsp3) is 0.269. The monoisotopic (exact) mass is 960 g/mol. The van der Waals surface area contributed by atoms with Gasteiger partial charge in [-0.1, -0.05) is 122 Å². The summed E-state index contributed by atoms with van der Waals surface area (Å²) < 4.78 is 26.8. The van der Waals surface area contributed by atoms with Gasteiger partial charge in [0.25, 0.3) is 0 Å². The van der Waals surface area contributed by atoms with Gasteiger partial charge in [0.2, 0.25) is 0 Å². The predicted molar refractivity (Wildman–Crippen MR) is 273 cm³/mol. The van der Waals surface area contributed by atoms with E-state index in [1.165, 1.54) is 23.5 Å². The SMILES string of the molecule is CCCOc1c2cccc1Sc1ccc(NC(=O)Nc3ccc(C)cc3)c(c1OCCC)Sc1cccc(c1OCCC)Sc1c(NC(=O)Nc3ccc(C)cc3)ccc(c1OCCC)S2. The van der Waals surface area contributed by atoms with Crippen molar-refractivity contribution >= 4 is 81.9 Å². The van der Waals surface area contributed by atoms with E-state index >= 15 is 0 Å². The summed E-state index contributed by atoms with van der Waals surface area (Å²) in [5.74, 6) is 2.67. The molecular formula is C52H56N4O6S4. The molecule has 0 saturated carbocycles. The summed E-state index contributed by atoms with van der Waals surface area (Å²) >= 11 is 6.06. The number of carbonyl (C=O) groups excluding carboxylic acids is 2. The molecule has 1 heterocycles. The van der Waals surface area contributed by atoms with Gasteiger partial charge in [0.1, 0.15) is 23.0 Å². The number of hydrogen-bond acceptors (Lipinski definition) is 10. The molecule has 4 amide bonds. The van der Waals surface area contributed by atoms with E-state index in [-0.39, 0.29) is 12.1 Å². The van der Waals surface area contributed by atoms with Crippen molar-refractivity contribution in [3.05, 3.63) is 120 Å². The van der Waals surface area contributed by atoms with E-state index in [0.717, 1.165) is 71.9 Å². The number of urea groups is 2. The maximum atomic E-state index is 13.8. The van der Waals surface area contributed by atoms with Crippen LogP contribution in [0.15, 0.2) is 148 Å². The second kappa shape index (κ2) is 23.8. The van der Waals surface area contributed by atoms with Crippen molar-refractivity contribution in [3.8, 4) is 23.0 Å². The van der Waals surface area contributed by atoms with E-state index in [1.807, 2.05) is 111 Å². The highest BCUT2D eigenvalue weighted by molar-refractivity contribution is 8.01. The van der Waals surface area contributed by atoms with Crippen molar-refractivity contribution in [2.75, 3.05) is 47.7 Å². The molecule has 0 saturated heterocycles. The average molecular weight is 961 g/mol. The highest BCUT2D eigenvalue weighted by Crippen LogP contribution is 2.56. The van der Waals surface area contributed by atoms with E-state index in [9.17, 15) is 9.59 Å². The lowest BCUT2D eigenvalue weighted by Gasteiger charge is -2.24. The number of fused-ring (bicyclic) bond motifs is 8. The Bertz CT molecular complexity index is 2460. The molecule has 66 heavy (non-hydrogen) atoms. The van der Waals surface area contributed by atoms with Crippen molar-refractivity contribution in [1.29, 1.82) is 0 Å². The Morgan fingerprint density at radius 1 is 0.394 bits per heavy atom. The van der Waals surface area contributed by atoms with Gasteiger partial charge in [-0.15, -0.1) is 0 Å². The average Bonchev–Trinajstić information content (AvgIpc) is 3.30. The lowest BCUT2D eigenvalue weighted by Crippen LogP contribution is -2.20. The van der Waals surface area contributed by atoms with E-state index in [1.54, 1.807) is 23.5 Å². The van der Waals surface area contributed by atoms with Crippen molar-refractivity contribution in [2.45, 2.75) is 106 Å². The number of ether oxygens (including phenoxy) is 4. The van der Waals surface area contributed by atoms with Crippen molar-refractivity contribution in [1.82, 2.24) is 0 Å². The summed E-state index contributed by atoms with van der Waals surface area (Å²) in [5, 5.41) is 12.3. The minimum Gasteiger partial charge on any atom is -0.491 e. The molecule has 7 rings (SSSR count). The Morgan fingerprint density at radius 2 is 0.712 bits per heavy atom. The van der Waals surface area contributed by atoms with E-state index in [2.05, 4.69) is 61.1 Å². The third-order valence-electron chi connectivity index (χ3n) is 9.82. The molecule has 1 aliphatic rings. The van der Waals surface area contributed by atoms with Crippen LogP contribution in [-0.4, -0.2) is 38.5 Å². The number of para-hydroxylation sites is 2. The van der Waals surface area contributed by atoms with Gasteiger partial charge in [0.05, 0.1) is 77.0 Å². The van der Waals surface area contributed by atoms with Gasteiger partial charge in [-0.25, -0.2) is 9.59 Å². The number of anilines is 4. The molecule has 0 fully saturated rings. The first kappa shape index (κ1) is 48.4. The molecular weight excluding hydrogens is 905 g/mol. The summed E-state index contributed by atoms with van der Waals surface area (Å²) in [6.07, 6.45) is 3.13. The molecule has 0 spiro atoms. The first-order valence-electron chi connectivity index (χ1n) is 22.3. The summed E-state index contributed by atoms with van der Waals surface area (Å²) in [5.41, 5.74) is 4.68. The fourth-order valence-corrected chi connectivity index (χ4v) is 11.2. The Balaban J connectivity index is 1.43. The zero-order valence-corrected chi connectivity index (χ0v) is 41.4. The number of nitrogens with one attached hydrogen (secondary N) is 4. The predicted octanol–water partition coefficient (Wildman–Crippen LogP) is 15.7. The van der Waals surface area contributed by atoms with Gasteiger partial charge in [0, 0.05) is 11.4 Å². The van der Waals surface area contributed by atoms with Crippen LogP contribution in [0.25, 0.3) is 0 Å². The van der Waals surface area contributed by atoms with Crippen molar-refractivity contribution in [3.63, 3.8) is 0 Å². The maximum Gasteiger partial charge on any atom is 0.323 e. The van der Waals surface area contributed by atoms with Crippen molar-refractivity contribution < 1.29 is 28.5 Å². The van der Waals surface area contributed by atoms with Gasteiger partial charge in [0.15, 0.2) is 0 Å². The van der Waals surface area contributed by atoms with Crippen LogP contribution in [0.3, 0.4) is 0 Å². The second-order valence-corrected chi connectivity index (χ2v) is 19.7. The maximum absolute atomic E-state index is 13.8. The lowest BCUT2D eigenvalue weighted by atomic mass is 10.2. The van der Waals surface area contributed by atoms with E-state index in [4.69, 9.17) is 18.9 Å². The molecule has 8 bridgehead atoms. The summed E-state index contributed by atoms with van der Waals surface area (Å²) in [6.45, 7) is 14.2. The third-order valence-corrected chi connectivity index (χ3v) is 14.3. The van der Waals surface area contributed by atoms with Crippen LogP contribution in [0, 0.1) is 13.8 Å². The lowest BCUT2D eigenvalue weighted by molar-refractivity contribution is 0.261. The molecule has 10 nitrogen and oxygen atoms in total. The minimum atomic E-state index is -0.387. The molecule has 6 aromatic carbocycles. The van der Waals surface area contributed by atoms with Gasteiger partial charge >= 0.3 is 12.1 Å². The minimum absolute atomic E-state index is 0.387. The zero-order valence-electron chi connectivity index (χ0n) is 38.1. The number of benzene rings is 6. The van der Waals surface area contributed by atoms with Crippen LogP contribution in [-0.2, 0) is 0 Å². The molecule has 0 aliphatic carbocycles. The van der Waals surface area contributed by atoms with Gasteiger partial charge in [-0.2, -0.15) is 0 Å². The van der Waals surface area contributed by atoms with Gasteiger partial charge < -0.3 is 40.2 Å². The Labute approximate surface area is 405 Å².